The molecule has 260 valence electrons. The Bertz CT molecular complexity index is 1260. The molecular formula is C34H51N5O8. The number of nitrogens with one attached hydrogen (secondary N) is 2. The molecule has 4 bridgehead atoms. The highest BCUT2D eigenvalue weighted by Crippen LogP contribution is 2.38. The number of carbonyl (C=O) groups is 3. The number of benzene rings is 1. The number of hydrogen-bond donors (Lipinski definition) is 2. The summed E-state index contributed by atoms with van der Waals surface area (Å²) in [7, 11) is 0. The van der Waals surface area contributed by atoms with Crippen molar-refractivity contribution in [3.05, 3.63) is 35.9 Å². The molecule has 8 heterocycles. The van der Waals surface area contributed by atoms with Crippen molar-refractivity contribution in [2.45, 2.75) is 121 Å². The summed E-state index contributed by atoms with van der Waals surface area (Å²) in [4.78, 5) is 42.7. The molecule has 8 saturated heterocycles. The number of hydrogen-bond acceptors (Lipinski definition) is 10. The maximum atomic E-state index is 12.5. The Morgan fingerprint density at radius 1 is 0.809 bits per heavy atom. The lowest BCUT2D eigenvalue weighted by molar-refractivity contribution is -0.0957. The van der Waals surface area contributed by atoms with E-state index in [1.54, 1.807) is 0 Å². The molecule has 8 fully saturated rings. The van der Waals surface area contributed by atoms with Crippen molar-refractivity contribution in [3.8, 4) is 0 Å². The van der Waals surface area contributed by atoms with Crippen LogP contribution >= 0.6 is 0 Å². The Kier molecular flexibility index (Phi) is 9.63. The van der Waals surface area contributed by atoms with Gasteiger partial charge in [0, 0.05) is 38.3 Å². The number of carbonyl (C=O) groups excluding carboxylic acids is 3. The van der Waals surface area contributed by atoms with Crippen molar-refractivity contribution in [1.82, 2.24) is 25.3 Å². The van der Waals surface area contributed by atoms with E-state index >= 15 is 0 Å². The number of fused-ring (bicyclic) bond motifs is 5. The highest BCUT2D eigenvalue weighted by molar-refractivity contribution is 5.71. The molecule has 4 unspecified atom stereocenters. The predicted molar refractivity (Wildman–Crippen MR) is 172 cm³/mol. The highest BCUT2D eigenvalue weighted by Gasteiger charge is 2.55. The molecule has 2 N–H and O–H groups in total. The van der Waals surface area contributed by atoms with Crippen molar-refractivity contribution in [1.29, 1.82) is 0 Å². The number of ether oxygens (including phenoxy) is 5. The molecular weight excluding hydrogens is 606 g/mol. The smallest absolute Gasteiger partial charge is 0.410 e. The van der Waals surface area contributed by atoms with Gasteiger partial charge in [0.2, 0.25) is 0 Å². The van der Waals surface area contributed by atoms with Gasteiger partial charge in [-0.15, -0.1) is 0 Å². The van der Waals surface area contributed by atoms with Gasteiger partial charge in [0.05, 0.1) is 37.4 Å². The van der Waals surface area contributed by atoms with Crippen molar-refractivity contribution >= 4 is 18.3 Å². The van der Waals surface area contributed by atoms with Gasteiger partial charge in [-0.3, -0.25) is 14.7 Å². The fourth-order valence-electron chi connectivity index (χ4n) is 7.45. The second kappa shape index (κ2) is 13.4. The molecule has 0 radical (unpaired) electrons. The minimum atomic E-state index is -0.491. The van der Waals surface area contributed by atoms with Gasteiger partial charge in [-0.1, -0.05) is 30.3 Å². The van der Waals surface area contributed by atoms with Crippen molar-refractivity contribution < 1.29 is 38.1 Å². The molecule has 3 amide bonds. The van der Waals surface area contributed by atoms with Crippen LogP contribution in [-0.4, -0.2) is 132 Å². The maximum absolute atomic E-state index is 12.5. The average molecular weight is 658 g/mol. The first-order chi connectivity index (χ1) is 22.3. The van der Waals surface area contributed by atoms with E-state index in [-0.39, 0.29) is 60.8 Å². The minimum absolute atomic E-state index is 0.100. The maximum Gasteiger partial charge on any atom is 0.410 e. The quantitative estimate of drug-likeness (QED) is 0.466. The van der Waals surface area contributed by atoms with Crippen LogP contribution in [-0.2, 0) is 30.3 Å². The summed E-state index contributed by atoms with van der Waals surface area (Å²) >= 11 is 0. The first kappa shape index (κ1) is 33.8. The van der Waals surface area contributed by atoms with Gasteiger partial charge < -0.3 is 34.3 Å². The standard InChI is InChI=1S/C24H33N3O6.C10H18N2O2/c1-24(2,3)33-23(29)27-16-9-17(27)11-26(10-16)19-14-31-20-18(13-30-21(19)20)25-22(28)32-12-15-7-5-4-6-8-15;1-10(2,3)14-9(13)12-7-4-8(12)6-11-5-7/h4-8,16-21H,9-14H2,1-3H3,(H,25,28);7-8,11H,4-6H2,1-3H3/t16?,17?,18-,19-,20+,21+;/m0./s1. The number of rotatable bonds is 4. The van der Waals surface area contributed by atoms with Crippen molar-refractivity contribution in [2.24, 2.45) is 0 Å². The zero-order valence-electron chi connectivity index (χ0n) is 28.5. The van der Waals surface area contributed by atoms with Crippen LogP contribution in [0.5, 0.6) is 0 Å². The van der Waals surface area contributed by atoms with E-state index in [1.165, 1.54) is 0 Å². The molecule has 1 aromatic carbocycles. The number of piperidine rings is 2. The Balaban J connectivity index is 0.000000230. The summed E-state index contributed by atoms with van der Waals surface area (Å²) in [5.41, 5.74) is 0.0678. The topological polar surface area (TPSA) is 131 Å². The molecule has 0 aliphatic carbocycles. The summed E-state index contributed by atoms with van der Waals surface area (Å²) < 4.78 is 28.4. The van der Waals surface area contributed by atoms with Crippen molar-refractivity contribution in [3.63, 3.8) is 0 Å². The third-order valence-electron chi connectivity index (χ3n) is 9.53. The highest BCUT2D eigenvalue weighted by atomic mass is 16.6. The molecule has 0 aromatic heterocycles. The third kappa shape index (κ3) is 7.79. The van der Waals surface area contributed by atoms with E-state index in [0.717, 1.165) is 44.6 Å². The summed E-state index contributed by atoms with van der Waals surface area (Å²) in [5, 5.41) is 6.19. The fourth-order valence-corrected chi connectivity index (χ4v) is 7.45. The zero-order valence-corrected chi connectivity index (χ0v) is 28.5. The van der Waals surface area contributed by atoms with Gasteiger partial charge in [-0.2, -0.15) is 0 Å². The van der Waals surface area contributed by atoms with Gasteiger partial charge in [-0.25, -0.2) is 14.4 Å². The first-order valence-corrected chi connectivity index (χ1v) is 16.9. The molecule has 13 heteroatoms. The lowest BCUT2D eigenvalue weighted by Crippen LogP contribution is -2.72. The lowest BCUT2D eigenvalue weighted by atomic mass is 9.86. The van der Waals surface area contributed by atoms with Crippen LogP contribution in [0.4, 0.5) is 14.4 Å². The minimum Gasteiger partial charge on any atom is -0.445 e. The summed E-state index contributed by atoms with van der Waals surface area (Å²) in [6.45, 7) is 16.0. The summed E-state index contributed by atoms with van der Waals surface area (Å²) in [6.07, 6.45) is 1.01. The average Bonchev–Trinajstić information content (AvgIpc) is 3.58. The third-order valence-corrected chi connectivity index (χ3v) is 9.53. The van der Waals surface area contributed by atoms with Crippen LogP contribution < -0.4 is 10.6 Å². The zero-order chi connectivity index (χ0) is 33.5. The van der Waals surface area contributed by atoms with Crippen LogP contribution in [0.15, 0.2) is 30.3 Å². The van der Waals surface area contributed by atoms with Crippen LogP contribution in [0, 0.1) is 0 Å². The number of alkyl carbamates (subject to hydrolysis) is 1. The molecule has 47 heavy (non-hydrogen) atoms. The molecule has 9 rings (SSSR count). The second-order valence-electron chi connectivity index (χ2n) is 15.4. The Morgan fingerprint density at radius 2 is 1.36 bits per heavy atom. The summed E-state index contributed by atoms with van der Waals surface area (Å²) in [6, 6.07) is 10.5. The summed E-state index contributed by atoms with van der Waals surface area (Å²) in [5.74, 6) is 0. The van der Waals surface area contributed by atoms with E-state index < -0.39 is 11.7 Å². The first-order valence-electron chi connectivity index (χ1n) is 16.9. The van der Waals surface area contributed by atoms with E-state index in [1.807, 2.05) is 81.7 Å². The molecule has 8 aliphatic heterocycles. The van der Waals surface area contributed by atoms with E-state index in [2.05, 4.69) is 15.5 Å². The Labute approximate surface area is 277 Å². The number of amides is 3. The van der Waals surface area contributed by atoms with E-state index in [9.17, 15) is 14.4 Å². The molecule has 13 nitrogen and oxygen atoms in total. The van der Waals surface area contributed by atoms with Gasteiger partial charge in [-0.05, 0) is 59.9 Å². The molecule has 1 aromatic rings. The second-order valence-corrected chi connectivity index (χ2v) is 15.4. The largest absolute Gasteiger partial charge is 0.445 e. The lowest BCUT2D eigenvalue weighted by Gasteiger charge is -2.57. The monoisotopic (exact) mass is 657 g/mol. The van der Waals surface area contributed by atoms with Gasteiger partial charge in [0.15, 0.2) is 0 Å². The normalized spacial score (nSPS) is 32.6. The van der Waals surface area contributed by atoms with E-state index in [4.69, 9.17) is 23.7 Å². The Hall–Kier alpha value is -3.13. The number of nitrogens with zero attached hydrogens (tertiary/aromatic N) is 3. The molecule has 8 aliphatic rings. The predicted octanol–water partition coefficient (Wildman–Crippen LogP) is 3.11. The van der Waals surface area contributed by atoms with E-state index in [0.29, 0.717) is 25.3 Å². The van der Waals surface area contributed by atoms with Gasteiger partial charge in [0.1, 0.15) is 30.0 Å². The van der Waals surface area contributed by atoms with Crippen LogP contribution in [0.3, 0.4) is 0 Å². The van der Waals surface area contributed by atoms with Crippen molar-refractivity contribution in [2.75, 3.05) is 39.4 Å². The Morgan fingerprint density at radius 3 is 1.94 bits per heavy atom. The van der Waals surface area contributed by atoms with Gasteiger partial charge in [0.25, 0.3) is 0 Å². The van der Waals surface area contributed by atoms with Crippen LogP contribution in [0.25, 0.3) is 0 Å². The SMILES string of the molecule is CC(C)(C)OC(=O)N1C2CC1CN([C@H]1CO[C@H]3[C@@H]1OC[C@@H]3NC(=O)OCc1ccccc1)C2.CC(C)(C)OC(=O)N1C2CNCC1C2. The van der Waals surface area contributed by atoms with Gasteiger partial charge >= 0.3 is 18.3 Å². The number of piperazine rings is 2. The molecule has 0 spiro atoms. The van der Waals surface area contributed by atoms with Crippen LogP contribution in [0.1, 0.15) is 59.9 Å². The molecule has 8 atom stereocenters. The van der Waals surface area contributed by atoms with Crippen LogP contribution in [0.2, 0.25) is 0 Å². The fraction of sp³-hybridized carbons (Fsp3) is 0.735. The molecule has 0 saturated carbocycles.